The van der Waals surface area contributed by atoms with Gasteiger partial charge in [-0.2, -0.15) is 13.2 Å². The molecule has 1 atom stereocenters. The fourth-order valence-electron chi connectivity index (χ4n) is 2.72. The van der Waals surface area contributed by atoms with Gasteiger partial charge in [-0.25, -0.2) is 0 Å². The number of nitrogens with zero attached hydrogens (tertiary/aromatic N) is 1. The molecule has 1 saturated heterocycles. The molecule has 128 valence electrons. The van der Waals surface area contributed by atoms with E-state index in [1.807, 2.05) is 11.4 Å². The fourth-order valence-corrected chi connectivity index (χ4v) is 3.41. The molecule has 0 radical (unpaired) electrons. The number of rotatable bonds is 3. The van der Waals surface area contributed by atoms with E-state index in [4.69, 9.17) is 4.74 Å². The van der Waals surface area contributed by atoms with Gasteiger partial charge in [0, 0.05) is 19.5 Å². The first kappa shape index (κ1) is 17.0. The van der Waals surface area contributed by atoms with E-state index in [9.17, 15) is 18.0 Å². The Morgan fingerprint density at radius 2 is 2.12 bits per heavy atom. The third-order valence-electron chi connectivity index (χ3n) is 3.88. The van der Waals surface area contributed by atoms with Crippen molar-refractivity contribution in [2.24, 2.45) is 0 Å². The lowest BCUT2D eigenvalue weighted by Crippen LogP contribution is -2.46. The molecule has 2 heterocycles. The SMILES string of the molecule is O=C(c1cccs1)N1CCO[C@H](Cc2cccc(C(F)(F)F)c2)C1. The van der Waals surface area contributed by atoms with Gasteiger partial charge in [0.2, 0.25) is 0 Å². The lowest BCUT2D eigenvalue weighted by Gasteiger charge is -2.33. The van der Waals surface area contributed by atoms with Crippen molar-refractivity contribution in [3.05, 3.63) is 57.8 Å². The van der Waals surface area contributed by atoms with Crippen LogP contribution < -0.4 is 0 Å². The van der Waals surface area contributed by atoms with Gasteiger partial charge in [0.05, 0.1) is 23.2 Å². The molecule has 7 heteroatoms. The number of halogens is 3. The second kappa shape index (κ2) is 6.94. The first-order chi connectivity index (χ1) is 11.4. The summed E-state index contributed by atoms with van der Waals surface area (Å²) in [4.78, 5) is 14.7. The van der Waals surface area contributed by atoms with Crippen molar-refractivity contribution in [1.29, 1.82) is 0 Å². The predicted molar refractivity (Wildman–Crippen MR) is 85.1 cm³/mol. The Balaban J connectivity index is 1.67. The summed E-state index contributed by atoms with van der Waals surface area (Å²) in [7, 11) is 0. The summed E-state index contributed by atoms with van der Waals surface area (Å²) in [6.07, 6.45) is -4.31. The van der Waals surface area contributed by atoms with Crippen molar-refractivity contribution >= 4 is 17.2 Å². The summed E-state index contributed by atoms with van der Waals surface area (Å²) in [6.45, 7) is 1.27. The van der Waals surface area contributed by atoms with Crippen molar-refractivity contribution in [2.75, 3.05) is 19.7 Å². The number of amides is 1. The van der Waals surface area contributed by atoms with Crippen molar-refractivity contribution in [2.45, 2.75) is 18.7 Å². The molecule has 1 aromatic heterocycles. The van der Waals surface area contributed by atoms with Crippen LogP contribution in [0.3, 0.4) is 0 Å². The molecule has 0 aliphatic carbocycles. The average molecular weight is 355 g/mol. The van der Waals surface area contributed by atoms with Crippen LogP contribution in [0.2, 0.25) is 0 Å². The van der Waals surface area contributed by atoms with Crippen LogP contribution in [0.25, 0.3) is 0 Å². The Bertz CT molecular complexity index is 700. The second-order valence-corrected chi connectivity index (χ2v) is 6.57. The highest BCUT2D eigenvalue weighted by atomic mass is 32.1. The van der Waals surface area contributed by atoms with E-state index < -0.39 is 11.7 Å². The monoisotopic (exact) mass is 355 g/mol. The predicted octanol–water partition coefficient (Wildman–Crippen LogP) is 3.85. The zero-order chi connectivity index (χ0) is 17.2. The summed E-state index contributed by atoms with van der Waals surface area (Å²) in [5.74, 6) is -0.0534. The van der Waals surface area contributed by atoms with E-state index in [1.165, 1.54) is 17.4 Å². The highest BCUT2D eigenvalue weighted by molar-refractivity contribution is 7.12. The van der Waals surface area contributed by atoms with Gasteiger partial charge in [-0.3, -0.25) is 4.79 Å². The van der Waals surface area contributed by atoms with Gasteiger partial charge in [-0.15, -0.1) is 11.3 Å². The maximum absolute atomic E-state index is 12.8. The van der Waals surface area contributed by atoms with Gasteiger partial charge >= 0.3 is 6.18 Å². The van der Waals surface area contributed by atoms with Crippen molar-refractivity contribution in [3.8, 4) is 0 Å². The molecular weight excluding hydrogens is 339 g/mol. The molecule has 0 N–H and O–H groups in total. The standard InChI is InChI=1S/C17H16F3NO2S/c18-17(19,20)13-4-1-3-12(9-13)10-14-11-21(6-7-23-14)16(22)15-5-2-8-24-15/h1-5,8-9,14H,6-7,10-11H2/t14-/m1/s1. The topological polar surface area (TPSA) is 29.5 Å². The second-order valence-electron chi connectivity index (χ2n) is 5.62. The largest absolute Gasteiger partial charge is 0.416 e. The maximum Gasteiger partial charge on any atom is 0.416 e. The normalized spacial score (nSPS) is 18.6. The van der Waals surface area contributed by atoms with E-state index in [1.54, 1.807) is 17.0 Å². The van der Waals surface area contributed by atoms with Crippen LogP contribution in [0.15, 0.2) is 41.8 Å². The Labute approximate surface area is 141 Å². The number of carbonyl (C=O) groups is 1. The molecule has 0 unspecified atom stereocenters. The van der Waals surface area contributed by atoms with Crippen LogP contribution in [0.1, 0.15) is 20.8 Å². The molecule has 2 aromatic rings. The van der Waals surface area contributed by atoms with E-state index in [0.717, 1.165) is 12.1 Å². The highest BCUT2D eigenvalue weighted by Crippen LogP contribution is 2.30. The molecule has 0 saturated carbocycles. The number of ether oxygens (including phenoxy) is 1. The number of thiophene rings is 1. The molecule has 0 spiro atoms. The molecule has 1 aliphatic heterocycles. The molecule has 1 aliphatic rings. The Kier molecular flexibility index (Phi) is 4.91. The quantitative estimate of drug-likeness (QED) is 0.837. The van der Waals surface area contributed by atoms with Crippen LogP contribution in [0.5, 0.6) is 0 Å². The van der Waals surface area contributed by atoms with Gasteiger partial charge in [0.25, 0.3) is 5.91 Å². The van der Waals surface area contributed by atoms with E-state index >= 15 is 0 Å². The van der Waals surface area contributed by atoms with Crippen molar-refractivity contribution < 1.29 is 22.7 Å². The van der Waals surface area contributed by atoms with Gasteiger partial charge in [0.15, 0.2) is 0 Å². The molecule has 1 aromatic carbocycles. The minimum absolute atomic E-state index is 0.0534. The van der Waals surface area contributed by atoms with Gasteiger partial charge in [0.1, 0.15) is 0 Å². The first-order valence-corrected chi connectivity index (χ1v) is 8.42. The van der Waals surface area contributed by atoms with Crippen molar-refractivity contribution in [1.82, 2.24) is 4.90 Å². The van der Waals surface area contributed by atoms with Gasteiger partial charge in [-0.05, 0) is 23.1 Å². The third kappa shape index (κ3) is 3.96. The van der Waals surface area contributed by atoms with E-state index in [-0.39, 0.29) is 12.0 Å². The first-order valence-electron chi connectivity index (χ1n) is 7.54. The van der Waals surface area contributed by atoms with Crippen molar-refractivity contribution in [3.63, 3.8) is 0 Å². The summed E-state index contributed by atoms with van der Waals surface area (Å²) in [5.41, 5.74) is -0.109. The molecule has 24 heavy (non-hydrogen) atoms. The zero-order valence-corrected chi connectivity index (χ0v) is 13.6. The van der Waals surface area contributed by atoms with E-state index in [0.29, 0.717) is 36.6 Å². The minimum atomic E-state index is -4.36. The lowest BCUT2D eigenvalue weighted by atomic mass is 10.0. The smallest absolute Gasteiger partial charge is 0.374 e. The molecule has 3 nitrogen and oxygen atoms in total. The number of morpholine rings is 1. The Hall–Kier alpha value is -1.86. The average Bonchev–Trinajstić information content (AvgIpc) is 3.08. The summed E-state index contributed by atoms with van der Waals surface area (Å²) in [5, 5.41) is 1.84. The number of alkyl halides is 3. The van der Waals surface area contributed by atoms with Crippen LogP contribution in [-0.4, -0.2) is 36.6 Å². The minimum Gasteiger partial charge on any atom is -0.374 e. The number of hydrogen-bond donors (Lipinski definition) is 0. The van der Waals surface area contributed by atoms with Crippen LogP contribution in [0.4, 0.5) is 13.2 Å². The maximum atomic E-state index is 12.8. The molecule has 1 fully saturated rings. The third-order valence-corrected chi connectivity index (χ3v) is 4.73. The van der Waals surface area contributed by atoms with Gasteiger partial charge < -0.3 is 9.64 Å². The fraction of sp³-hybridized carbons (Fsp3) is 0.353. The van der Waals surface area contributed by atoms with Crippen LogP contribution in [0, 0.1) is 0 Å². The molecule has 1 amide bonds. The number of carbonyl (C=O) groups excluding carboxylic acids is 1. The highest BCUT2D eigenvalue weighted by Gasteiger charge is 2.31. The molecule has 3 rings (SSSR count). The summed E-state index contributed by atoms with van der Waals surface area (Å²) < 4.78 is 44.0. The van der Waals surface area contributed by atoms with Crippen LogP contribution in [-0.2, 0) is 17.3 Å². The number of hydrogen-bond acceptors (Lipinski definition) is 3. The Morgan fingerprint density at radius 3 is 2.83 bits per heavy atom. The van der Waals surface area contributed by atoms with Gasteiger partial charge in [-0.1, -0.05) is 24.3 Å². The molecule has 0 bridgehead atoms. The van der Waals surface area contributed by atoms with Crippen LogP contribution >= 0.6 is 11.3 Å². The summed E-state index contributed by atoms with van der Waals surface area (Å²) >= 11 is 1.38. The Morgan fingerprint density at radius 1 is 1.29 bits per heavy atom. The zero-order valence-electron chi connectivity index (χ0n) is 12.8. The summed E-state index contributed by atoms with van der Waals surface area (Å²) in [6, 6.07) is 8.83. The lowest BCUT2D eigenvalue weighted by molar-refractivity contribution is -0.137. The van der Waals surface area contributed by atoms with E-state index in [2.05, 4.69) is 0 Å². The number of benzene rings is 1. The molecular formula is C17H16F3NO2S.